The van der Waals surface area contributed by atoms with Crippen molar-refractivity contribution in [2.24, 2.45) is 0 Å². The van der Waals surface area contributed by atoms with Crippen molar-refractivity contribution in [1.82, 2.24) is 0 Å². The van der Waals surface area contributed by atoms with E-state index in [1.54, 1.807) is 0 Å². The monoisotopic (exact) mass is 528 g/mol. The fourth-order valence-corrected chi connectivity index (χ4v) is 6.99. The third-order valence-electron chi connectivity index (χ3n) is 6.93. The third kappa shape index (κ3) is 8.62. The van der Waals surface area contributed by atoms with Gasteiger partial charge in [0.15, 0.2) is 0 Å². The first kappa shape index (κ1) is 26.8. The summed E-state index contributed by atoms with van der Waals surface area (Å²) in [7, 11) is -2.27. The molecule has 0 atom stereocenters. The molecule has 0 fully saturated rings. The van der Waals surface area contributed by atoms with Crippen molar-refractivity contribution in [3.05, 3.63) is 174 Å². The van der Waals surface area contributed by atoms with E-state index in [1.165, 1.54) is 27.4 Å². The van der Waals surface area contributed by atoms with Crippen molar-refractivity contribution >= 4 is 14.5 Å². The Balaban J connectivity index is 1.42. The molecule has 5 aromatic carbocycles. The maximum Gasteiger partial charge on any atom is 0.356 e. The number of hydrogen-bond donors (Lipinski definition) is 0. The van der Waals surface area contributed by atoms with E-state index in [0.29, 0.717) is 0 Å². The molecule has 5 aromatic rings. The molecule has 0 unspecified atom stereocenters. The van der Waals surface area contributed by atoms with E-state index in [2.05, 4.69) is 152 Å². The van der Waals surface area contributed by atoms with Crippen LogP contribution in [0.15, 0.2) is 152 Å². The van der Waals surface area contributed by atoms with E-state index >= 15 is 0 Å². The summed E-state index contributed by atoms with van der Waals surface area (Å²) in [6, 6.07) is 53.2. The summed E-state index contributed by atoms with van der Waals surface area (Å²) in [5.74, 6) is 0. The summed E-state index contributed by atoms with van der Waals surface area (Å²) in [5.41, 5.74) is 5.13. The van der Waals surface area contributed by atoms with Crippen LogP contribution >= 0.6 is 0 Å². The van der Waals surface area contributed by atoms with Crippen LogP contribution in [0.1, 0.15) is 22.3 Å². The van der Waals surface area contributed by atoms with E-state index in [1.807, 2.05) is 0 Å². The Bertz CT molecular complexity index is 1170. The minimum atomic E-state index is -2.27. The van der Waals surface area contributed by atoms with Gasteiger partial charge in [0.1, 0.15) is 0 Å². The van der Waals surface area contributed by atoms with Crippen LogP contribution in [0.2, 0.25) is 0 Å². The molecular formula is C36H36O2Si. The van der Waals surface area contributed by atoms with Gasteiger partial charge in [0.2, 0.25) is 0 Å². The first-order valence-electron chi connectivity index (χ1n) is 13.8. The lowest BCUT2D eigenvalue weighted by atomic mass is 10.0. The molecule has 0 saturated carbocycles. The van der Waals surface area contributed by atoms with E-state index in [4.69, 9.17) is 8.85 Å². The van der Waals surface area contributed by atoms with Crippen LogP contribution in [0, 0.1) is 0 Å². The third-order valence-corrected chi connectivity index (χ3v) is 9.12. The molecule has 5 rings (SSSR count). The molecule has 0 bridgehead atoms. The zero-order valence-corrected chi connectivity index (χ0v) is 23.5. The smallest absolute Gasteiger partial charge is 0.356 e. The predicted molar refractivity (Wildman–Crippen MR) is 164 cm³/mol. The molecule has 0 radical (unpaired) electrons. The van der Waals surface area contributed by atoms with E-state index in [-0.39, 0.29) is 12.2 Å². The fourth-order valence-electron chi connectivity index (χ4n) is 4.99. The van der Waals surface area contributed by atoms with Gasteiger partial charge in [-0.3, -0.25) is 0 Å². The Morgan fingerprint density at radius 2 is 0.615 bits per heavy atom. The lowest BCUT2D eigenvalue weighted by Gasteiger charge is -2.29. The summed E-state index contributed by atoms with van der Waals surface area (Å²) in [5, 5.41) is 1.18. The normalized spacial score (nSPS) is 11.4. The molecule has 0 aliphatic rings. The van der Waals surface area contributed by atoms with Gasteiger partial charge in [-0.1, -0.05) is 152 Å². The lowest BCUT2D eigenvalue weighted by molar-refractivity contribution is 0.107. The molecule has 39 heavy (non-hydrogen) atoms. The highest BCUT2D eigenvalue weighted by Gasteiger charge is 2.26. The molecule has 0 heterocycles. The first-order chi connectivity index (χ1) is 19.3. The SMILES string of the molecule is c1ccc(CC(Cc2ccccc2)O[SiH](OC(Cc2ccccc2)Cc2ccccc2)c2ccccc2)cc1. The summed E-state index contributed by atoms with van der Waals surface area (Å²) in [6.07, 6.45) is 3.41. The van der Waals surface area contributed by atoms with Gasteiger partial charge in [-0.2, -0.15) is 0 Å². The maximum absolute atomic E-state index is 7.07. The Morgan fingerprint density at radius 1 is 0.359 bits per heavy atom. The molecule has 0 amide bonds. The summed E-state index contributed by atoms with van der Waals surface area (Å²) < 4.78 is 14.1. The van der Waals surface area contributed by atoms with Crippen molar-refractivity contribution in [2.75, 3.05) is 0 Å². The van der Waals surface area contributed by atoms with Crippen LogP contribution < -0.4 is 5.19 Å². The molecule has 3 heteroatoms. The number of rotatable bonds is 13. The summed E-state index contributed by atoms with van der Waals surface area (Å²) >= 11 is 0. The molecular weight excluding hydrogens is 492 g/mol. The fraction of sp³-hybridized carbons (Fsp3) is 0.167. The highest BCUT2D eigenvalue weighted by Crippen LogP contribution is 2.18. The highest BCUT2D eigenvalue weighted by molar-refractivity contribution is 6.61. The second kappa shape index (κ2) is 14.4. The topological polar surface area (TPSA) is 18.5 Å². The predicted octanol–water partition coefficient (Wildman–Crippen LogP) is 6.86. The number of benzene rings is 5. The van der Waals surface area contributed by atoms with E-state index < -0.39 is 9.28 Å². The van der Waals surface area contributed by atoms with Crippen molar-refractivity contribution in [3.8, 4) is 0 Å². The average Bonchev–Trinajstić information content (AvgIpc) is 2.99. The first-order valence-corrected chi connectivity index (χ1v) is 15.4. The molecule has 0 aromatic heterocycles. The van der Waals surface area contributed by atoms with Crippen molar-refractivity contribution < 1.29 is 8.85 Å². The Hall–Kier alpha value is -3.76. The second-order valence-corrected chi connectivity index (χ2v) is 11.9. The molecule has 0 saturated heterocycles. The standard InChI is InChI=1S/C36H36O2Si/c1-6-16-30(17-7-1)26-34(27-31-18-8-2-9-19-31)37-39(36-24-14-5-15-25-36)38-35(28-32-20-10-3-11-21-32)29-33-22-12-4-13-23-33/h1-25,34-35,39H,26-29H2. The van der Waals surface area contributed by atoms with Gasteiger partial charge in [-0.15, -0.1) is 0 Å². The minimum absolute atomic E-state index is 0.0146. The minimum Gasteiger partial charge on any atom is -0.389 e. The van der Waals surface area contributed by atoms with Crippen molar-refractivity contribution in [1.29, 1.82) is 0 Å². The highest BCUT2D eigenvalue weighted by atomic mass is 28.3. The summed E-state index contributed by atoms with van der Waals surface area (Å²) in [6.45, 7) is 0. The second-order valence-electron chi connectivity index (χ2n) is 10.0. The quantitative estimate of drug-likeness (QED) is 0.156. The van der Waals surface area contributed by atoms with Gasteiger partial charge in [0.25, 0.3) is 0 Å². The van der Waals surface area contributed by atoms with Gasteiger partial charge in [0, 0.05) is 0 Å². The maximum atomic E-state index is 7.07. The zero-order valence-electron chi connectivity index (χ0n) is 22.3. The van der Waals surface area contributed by atoms with Crippen LogP contribution in [0.5, 0.6) is 0 Å². The van der Waals surface area contributed by atoms with Crippen LogP contribution in [-0.4, -0.2) is 21.5 Å². The van der Waals surface area contributed by atoms with Crippen LogP contribution in [0.4, 0.5) is 0 Å². The Kier molecular flexibility index (Phi) is 9.91. The van der Waals surface area contributed by atoms with Gasteiger partial charge in [-0.05, 0) is 53.1 Å². The molecule has 196 valence electrons. The molecule has 0 N–H and O–H groups in total. The molecule has 2 nitrogen and oxygen atoms in total. The molecule has 0 aliphatic carbocycles. The van der Waals surface area contributed by atoms with Crippen LogP contribution in [0.25, 0.3) is 0 Å². The van der Waals surface area contributed by atoms with Crippen LogP contribution in [0.3, 0.4) is 0 Å². The van der Waals surface area contributed by atoms with Crippen LogP contribution in [-0.2, 0) is 34.5 Å². The summed E-state index contributed by atoms with van der Waals surface area (Å²) in [4.78, 5) is 0. The largest absolute Gasteiger partial charge is 0.389 e. The van der Waals surface area contributed by atoms with Crippen molar-refractivity contribution in [2.45, 2.75) is 37.9 Å². The number of hydrogen-bond acceptors (Lipinski definition) is 2. The molecule has 0 spiro atoms. The Morgan fingerprint density at radius 3 is 0.897 bits per heavy atom. The van der Waals surface area contributed by atoms with Gasteiger partial charge >= 0.3 is 9.28 Å². The van der Waals surface area contributed by atoms with Gasteiger partial charge in [-0.25, -0.2) is 0 Å². The van der Waals surface area contributed by atoms with E-state index in [9.17, 15) is 0 Å². The molecule has 0 aliphatic heterocycles. The van der Waals surface area contributed by atoms with Crippen molar-refractivity contribution in [3.63, 3.8) is 0 Å². The Labute approximate surface area is 234 Å². The zero-order chi connectivity index (χ0) is 26.5. The average molecular weight is 529 g/mol. The van der Waals surface area contributed by atoms with E-state index in [0.717, 1.165) is 25.7 Å². The van der Waals surface area contributed by atoms with Gasteiger partial charge in [0.05, 0.1) is 12.2 Å². The lowest BCUT2D eigenvalue weighted by Crippen LogP contribution is -2.44. The van der Waals surface area contributed by atoms with Gasteiger partial charge < -0.3 is 8.85 Å².